The van der Waals surface area contributed by atoms with Gasteiger partial charge < -0.3 is 9.84 Å². The first-order chi connectivity index (χ1) is 10.8. The first-order valence-electron chi connectivity index (χ1n) is 9.72. The Balaban J connectivity index is 1.55. The number of carbonyl (C=O) groups is 1. The molecule has 1 aliphatic heterocycles. The second-order valence-electron chi connectivity index (χ2n) is 10.1. The average molecular weight is 318 g/mol. The Morgan fingerprint density at radius 2 is 1.87 bits per heavy atom. The van der Waals surface area contributed by atoms with Crippen LogP contribution in [0.3, 0.4) is 0 Å². The van der Waals surface area contributed by atoms with E-state index in [1.165, 1.54) is 38.5 Å². The van der Waals surface area contributed by atoms with Crippen molar-refractivity contribution < 1.29 is 14.6 Å². The summed E-state index contributed by atoms with van der Waals surface area (Å²) < 4.78 is 5.97. The molecule has 23 heavy (non-hydrogen) atoms. The summed E-state index contributed by atoms with van der Waals surface area (Å²) in [5.41, 5.74) is 0.455. The van der Waals surface area contributed by atoms with Crippen molar-refractivity contribution in [2.45, 2.75) is 77.2 Å². The molecule has 1 N–H and O–H groups in total. The van der Waals surface area contributed by atoms with Crippen LogP contribution in [0, 0.1) is 34.0 Å². The predicted molar refractivity (Wildman–Crippen MR) is 87.0 cm³/mol. The molecule has 0 radical (unpaired) electrons. The van der Waals surface area contributed by atoms with Gasteiger partial charge in [0.2, 0.25) is 0 Å². The Labute approximate surface area is 139 Å². The summed E-state index contributed by atoms with van der Waals surface area (Å²) in [7, 11) is 0. The predicted octanol–water partition coefficient (Wildman–Crippen LogP) is 4.25. The van der Waals surface area contributed by atoms with Crippen LogP contribution in [0.1, 0.15) is 71.6 Å². The summed E-state index contributed by atoms with van der Waals surface area (Å²) in [6.45, 7) is 5.50. The number of ether oxygens (including phenoxy) is 1. The monoisotopic (exact) mass is 318 g/mol. The molecule has 1 saturated heterocycles. The number of hydrogen-bond acceptors (Lipinski definition) is 2. The maximum atomic E-state index is 12.1. The van der Waals surface area contributed by atoms with E-state index in [0.29, 0.717) is 11.3 Å². The van der Waals surface area contributed by atoms with E-state index in [1.54, 1.807) is 0 Å². The number of carboxylic acid groups (broad SMARTS) is 1. The van der Waals surface area contributed by atoms with E-state index in [0.717, 1.165) is 37.7 Å². The van der Waals surface area contributed by atoms with Gasteiger partial charge >= 0.3 is 5.97 Å². The zero-order valence-corrected chi connectivity index (χ0v) is 14.6. The highest BCUT2D eigenvalue weighted by molar-refractivity contribution is 5.75. The van der Waals surface area contributed by atoms with Crippen LogP contribution in [-0.2, 0) is 9.53 Å². The van der Waals surface area contributed by atoms with E-state index in [4.69, 9.17) is 4.74 Å². The fourth-order valence-electron chi connectivity index (χ4n) is 8.28. The Morgan fingerprint density at radius 3 is 2.57 bits per heavy atom. The van der Waals surface area contributed by atoms with Crippen molar-refractivity contribution in [1.29, 1.82) is 0 Å². The smallest absolute Gasteiger partial charge is 0.309 e. The van der Waals surface area contributed by atoms with Gasteiger partial charge in [0.15, 0.2) is 0 Å². The van der Waals surface area contributed by atoms with Gasteiger partial charge in [-0.3, -0.25) is 4.79 Å². The summed E-state index contributed by atoms with van der Waals surface area (Å²) in [5.74, 6) is 1.34. The van der Waals surface area contributed by atoms with E-state index < -0.39 is 11.4 Å². The average Bonchev–Trinajstić information content (AvgIpc) is 3.22. The van der Waals surface area contributed by atoms with Gasteiger partial charge in [0.05, 0.1) is 17.6 Å². The third kappa shape index (κ3) is 1.63. The highest BCUT2D eigenvalue weighted by Gasteiger charge is 2.71. The molecule has 4 aliphatic carbocycles. The van der Waals surface area contributed by atoms with Gasteiger partial charge in [-0.2, -0.15) is 0 Å². The molecule has 4 saturated carbocycles. The van der Waals surface area contributed by atoms with E-state index in [-0.39, 0.29) is 11.0 Å². The first-order valence-corrected chi connectivity index (χ1v) is 9.72. The SMILES string of the molecule is CC1(C(=O)O)CCCC2(C)C3CCC4CC3(CCC12)CC41CO1. The van der Waals surface area contributed by atoms with Crippen LogP contribution in [0.4, 0.5) is 0 Å². The molecule has 5 fully saturated rings. The van der Waals surface area contributed by atoms with Crippen molar-refractivity contribution in [2.75, 3.05) is 6.61 Å². The third-order valence-corrected chi connectivity index (χ3v) is 9.30. The van der Waals surface area contributed by atoms with Crippen molar-refractivity contribution in [1.82, 2.24) is 0 Å². The standard InChI is InChI=1S/C20H30O3/c1-17-7-3-8-18(2,16(21)22)14(17)6-9-19-10-13(4-5-15(17)19)20(11-19)12-23-20/h13-15H,3-12H2,1-2H3,(H,21,22). The molecular weight excluding hydrogens is 288 g/mol. The number of rotatable bonds is 1. The minimum Gasteiger partial charge on any atom is -0.481 e. The lowest BCUT2D eigenvalue weighted by Crippen LogP contribution is -2.58. The van der Waals surface area contributed by atoms with Gasteiger partial charge in [-0.05, 0) is 86.9 Å². The third-order valence-electron chi connectivity index (χ3n) is 9.30. The highest BCUT2D eigenvalue weighted by Crippen LogP contribution is 2.74. The Hall–Kier alpha value is -0.570. The van der Waals surface area contributed by atoms with Crippen molar-refractivity contribution in [3.05, 3.63) is 0 Å². The van der Waals surface area contributed by atoms with Gasteiger partial charge in [0.1, 0.15) is 0 Å². The largest absolute Gasteiger partial charge is 0.481 e. The zero-order chi connectivity index (χ0) is 16.1. The Bertz CT molecular complexity index is 567. The molecule has 3 nitrogen and oxygen atoms in total. The van der Waals surface area contributed by atoms with Gasteiger partial charge in [-0.1, -0.05) is 13.3 Å². The van der Waals surface area contributed by atoms with Gasteiger partial charge in [0, 0.05) is 0 Å². The second-order valence-corrected chi connectivity index (χ2v) is 10.1. The normalized spacial score (nSPS) is 60.2. The Morgan fingerprint density at radius 1 is 1.09 bits per heavy atom. The fraction of sp³-hybridized carbons (Fsp3) is 0.950. The lowest BCUT2D eigenvalue weighted by Gasteiger charge is -2.63. The maximum absolute atomic E-state index is 12.1. The maximum Gasteiger partial charge on any atom is 0.309 e. The van der Waals surface area contributed by atoms with Crippen molar-refractivity contribution >= 4 is 5.97 Å². The molecule has 7 atom stereocenters. The summed E-state index contributed by atoms with van der Waals surface area (Å²) >= 11 is 0. The molecule has 0 amide bonds. The van der Waals surface area contributed by atoms with Crippen LogP contribution in [0.2, 0.25) is 0 Å². The molecule has 128 valence electrons. The quantitative estimate of drug-likeness (QED) is 0.735. The van der Waals surface area contributed by atoms with Crippen LogP contribution in [0.25, 0.3) is 0 Å². The van der Waals surface area contributed by atoms with Crippen LogP contribution >= 0.6 is 0 Å². The number of epoxide rings is 1. The topological polar surface area (TPSA) is 49.8 Å². The summed E-state index contributed by atoms with van der Waals surface area (Å²) in [6.07, 6.45) is 10.9. The Kier molecular flexibility index (Phi) is 2.66. The molecular formula is C20H30O3. The minimum absolute atomic E-state index is 0.231. The molecule has 3 heteroatoms. The van der Waals surface area contributed by atoms with E-state index in [9.17, 15) is 9.90 Å². The zero-order valence-electron chi connectivity index (χ0n) is 14.6. The first kappa shape index (κ1) is 14.7. The van der Waals surface area contributed by atoms with Crippen LogP contribution in [0.15, 0.2) is 0 Å². The molecule has 0 aromatic rings. The molecule has 5 rings (SSSR count). The molecule has 5 aliphatic rings. The number of carboxylic acids is 1. The molecule has 2 bridgehead atoms. The minimum atomic E-state index is -0.550. The second kappa shape index (κ2) is 4.15. The molecule has 1 heterocycles. The number of aliphatic carboxylic acids is 1. The molecule has 2 spiro atoms. The summed E-state index contributed by atoms with van der Waals surface area (Å²) in [5, 5.41) is 9.95. The number of fused-ring (bicyclic) bond motifs is 4. The van der Waals surface area contributed by atoms with E-state index in [2.05, 4.69) is 6.92 Å². The van der Waals surface area contributed by atoms with Gasteiger partial charge in [0.25, 0.3) is 0 Å². The summed E-state index contributed by atoms with van der Waals surface area (Å²) in [6, 6.07) is 0. The van der Waals surface area contributed by atoms with Gasteiger partial charge in [-0.25, -0.2) is 0 Å². The lowest BCUT2D eigenvalue weighted by atomic mass is 9.41. The van der Waals surface area contributed by atoms with E-state index >= 15 is 0 Å². The summed E-state index contributed by atoms with van der Waals surface area (Å²) in [4.78, 5) is 12.1. The van der Waals surface area contributed by atoms with Crippen LogP contribution < -0.4 is 0 Å². The van der Waals surface area contributed by atoms with Crippen molar-refractivity contribution in [2.24, 2.45) is 34.0 Å². The molecule has 0 aromatic carbocycles. The molecule has 0 aromatic heterocycles. The molecule has 7 unspecified atom stereocenters. The van der Waals surface area contributed by atoms with Gasteiger partial charge in [-0.15, -0.1) is 0 Å². The van der Waals surface area contributed by atoms with Crippen LogP contribution in [0.5, 0.6) is 0 Å². The fourth-order valence-corrected chi connectivity index (χ4v) is 8.28. The lowest BCUT2D eigenvalue weighted by molar-refractivity contribution is -0.181. The van der Waals surface area contributed by atoms with Crippen molar-refractivity contribution in [3.8, 4) is 0 Å². The van der Waals surface area contributed by atoms with Crippen molar-refractivity contribution in [3.63, 3.8) is 0 Å². The van der Waals surface area contributed by atoms with Crippen LogP contribution in [-0.4, -0.2) is 23.3 Å². The van der Waals surface area contributed by atoms with E-state index in [1.807, 2.05) is 6.92 Å². The number of hydrogen-bond donors (Lipinski definition) is 1. The highest BCUT2D eigenvalue weighted by atomic mass is 16.6.